The zero-order valence-corrected chi connectivity index (χ0v) is 11.9. The van der Waals surface area contributed by atoms with Crippen LogP contribution in [-0.4, -0.2) is 37.3 Å². The number of aryl methyl sites for hydroxylation is 1. The molecule has 1 atom stereocenters. The third-order valence-corrected chi connectivity index (χ3v) is 3.27. The molecule has 2 aromatic rings. The summed E-state index contributed by atoms with van der Waals surface area (Å²) in [4.78, 5) is 4.34. The molecule has 1 unspecified atom stereocenters. The summed E-state index contributed by atoms with van der Waals surface area (Å²) in [5.41, 5.74) is 0.735. The van der Waals surface area contributed by atoms with Gasteiger partial charge in [0.05, 0.1) is 0 Å². The second-order valence-corrected chi connectivity index (χ2v) is 5.79. The average Bonchev–Trinajstić information content (AvgIpc) is 2.71. The minimum Gasteiger partial charge on any atom is -0.396 e. The molecule has 0 spiro atoms. The van der Waals surface area contributed by atoms with E-state index in [0.29, 0.717) is 17.9 Å². The van der Waals surface area contributed by atoms with Gasteiger partial charge in [0.15, 0.2) is 5.82 Å². The maximum absolute atomic E-state index is 9.20. The molecular formula is C13H21N5O. The fourth-order valence-corrected chi connectivity index (χ4v) is 2.06. The molecule has 0 aliphatic rings. The van der Waals surface area contributed by atoms with Crippen molar-refractivity contribution in [2.75, 3.05) is 11.9 Å². The lowest BCUT2D eigenvalue weighted by molar-refractivity contribution is 0.235. The Morgan fingerprint density at radius 1 is 1.37 bits per heavy atom. The zero-order chi connectivity index (χ0) is 14.0. The molecule has 0 aliphatic carbocycles. The Labute approximate surface area is 112 Å². The molecule has 6 heteroatoms. The van der Waals surface area contributed by atoms with E-state index < -0.39 is 0 Å². The van der Waals surface area contributed by atoms with Gasteiger partial charge in [0.1, 0.15) is 5.82 Å². The van der Waals surface area contributed by atoms with E-state index in [0.717, 1.165) is 5.82 Å². The number of nitrogens with zero attached hydrogens (tertiary/aromatic N) is 4. The molecule has 0 saturated carbocycles. The van der Waals surface area contributed by atoms with Crippen LogP contribution in [0.4, 0.5) is 5.82 Å². The molecule has 6 nitrogen and oxygen atoms in total. The van der Waals surface area contributed by atoms with Crippen LogP contribution < -0.4 is 5.32 Å². The van der Waals surface area contributed by atoms with Crippen molar-refractivity contribution >= 4 is 11.5 Å². The van der Waals surface area contributed by atoms with Crippen molar-refractivity contribution in [1.29, 1.82) is 0 Å². The van der Waals surface area contributed by atoms with Crippen LogP contribution >= 0.6 is 0 Å². The van der Waals surface area contributed by atoms with Crippen molar-refractivity contribution in [3.8, 4) is 0 Å². The van der Waals surface area contributed by atoms with Crippen LogP contribution in [0.2, 0.25) is 0 Å². The maximum Gasteiger partial charge on any atom is 0.203 e. The van der Waals surface area contributed by atoms with Crippen molar-refractivity contribution < 1.29 is 5.11 Å². The van der Waals surface area contributed by atoms with Gasteiger partial charge in [-0.25, -0.2) is 4.98 Å². The number of hydrogen-bond donors (Lipinski definition) is 2. The molecule has 19 heavy (non-hydrogen) atoms. The lowest BCUT2D eigenvalue weighted by Gasteiger charge is -2.31. The summed E-state index contributed by atoms with van der Waals surface area (Å²) >= 11 is 0. The molecule has 0 fully saturated rings. The summed E-state index contributed by atoms with van der Waals surface area (Å²) in [5.74, 6) is 1.53. The van der Waals surface area contributed by atoms with Gasteiger partial charge in [-0.05, 0) is 18.8 Å². The quantitative estimate of drug-likeness (QED) is 0.877. The van der Waals surface area contributed by atoms with Gasteiger partial charge in [0.25, 0.3) is 0 Å². The fraction of sp³-hybridized carbons (Fsp3) is 0.615. The number of hydrogen-bond acceptors (Lipinski definition) is 5. The van der Waals surface area contributed by atoms with Gasteiger partial charge in [-0.3, -0.25) is 4.40 Å². The van der Waals surface area contributed by atoms with E-state index in [1.807, 2.05) is 17.5 Å². The van der Waals surface area contributed by atoms with Gasteiger partial charge in [-0.1, -0.05) is 20.8 Å². The van der Waals surface area contributed by atoms with E-state index in [4.69, 9.17) is 0 Å². The van der Waals surface area contributed by atoms with Crippen LogP contribution in [0.5, 0.6) is 0 Å². The van der Waals surface area contributed by atoms with Crippen molar-refractivity contribution in [2.24, 2.45) is 5.41 Å². The lowest BCUT2D eigenvalue weighted by atomic mass is 9.85. The molecule has 0 radical (unpaired) electrons. The zero-order valence-electron chi connectivity index (χ0n) is 11.9. The monoisotopic (exact) mass is 263 g/mol. The summed E-state index contributed by atoms with van der Waals surface area (Å²) in [6.45, 7) is 8.45. The van der Waals surface area contributed by atoms with E-state index in [-0.39, 0.29) is 18.1 Å². The largest absolute Gasteiger partial charge is 0.396 e. The SMILES string of the molecule is Cc1nnc2c(NC(CCO)C(C)(C)C)nccn12. The Bertz CT molecular complexity index is 558. The van der Waals surface area contributed by atoms with Crippen molar-refractivity contribution in [3.05, 3.63) is 18.2 Å². The lowest BCUT2D eigenvalue weighted by Crippen LogP contribution is -2.35. The van der Waals surface area contributed by atoms with E-state index >= 15 is 0 Å². The van der Waals surface area contributed by atoms with Crippen LogP contribution in [0.3, 0.4) is 0 Å². The number of anilines is 1. The van der Waals surface area contributed by atoms with Crippen LogP contribution in [-0.2, 0) is 0 Å². The Hall–Kier alpha value is -1.69. The van der Waals surface area contributed by atoms with Crippen molar-refractivity contribution in [2.45, 2.75) is 40.2 Å². The first-order valence-corrected chi connectivity index (χ1v) is 6.47. The van der Waals surface area contributed by atoms with Gasteiger partial charge in [0, 0.05) is 25.0 Å². The van der Waals surface area contributed by atoms with E-state index in [9.17, 15) is 5.11 Å². The molecule has 0 amide bonds. The molecule has 2 aromatic heterocycles. The van der Waals surface area contributed by atoms with Crippen LogP contribution in [0.15, 0.2) is 12.4 Å². The first-order valence-electron chi connectivity index (χ1n) is 6.47. The predicted octanol–water partition coefficient (Wildman–Crippen LogP) is 1.64. The number of nitrogens with one attached hydrogen (secondary N) is 1. The topological polar surface area (TPSA) is 75.3 Å². The molecule has 0 saturated heterocycles. The van der Waals surface area contributed by atoms with E-state index in [1.165, 1.54) is 0 Å². The molecule has 2 N–H and O–H groups in total. The second kappa shape index (κ2) is 5.13. The predicted molar refractivity (Wildman–Crippen MR) is 74.1 cm³/mol. The highest BCUT2D eigenvalue weighted by molar-refractivity contribution is 5.62. The van der Waals surface area contributed by atoms with Gasteiger partial charge in [0.2, 0.25) is 5.65 Å². The standard InChI is InChI=1S/C13H21N5O/c1-9-16-17-12-11(14-6-7-18(9)12)15-10(5-8-19)13(2,3)4/h6-7,10,19H,5,8H2,1-4H3,(H,14,15). The summed E-state index contributed by atoms with van der Waals surface area (Å²) in [5, 5.41) is 20.8. The summed E-state index contributed by atoms with van der Waals surface area (Å²) in [6, 6.07) is 0.119. The van der Waals surface area contributed by atoms with Crippen molar-refractivity contribution in [3.63, 3.8) is 0 Å². The number of fused-ring (bicyclic) bond motifs is 1. The highest BCUT2D eigenvalue weighted by Crippen LogP contribution is 2.26. The Balaban J connectivity index is 2.34. The third kappa shape index (κ3) is 2.84. The van der Waals surface area contributed by atoms with Crippen LogP contribution in [0.1, 0.15) is 33.0 Å². The molecular weight excluding hydrogens is 242 g/mol. The van der Waals surface area contributed by atoms with Gasteiger partial charge in [-0.2, -0.15) is 0 Å². The Kier molecular flexibility index (Phi) is 3.71. The molecule has 0 bridgehead atoms. The minimum absolute atomic E-state index is 0.0201. The fourth-order valence-electron chi connectivity index (χ4n) is 2.06. The van der Waals surface area contributed by atoms with Gasteiger partial charge >= 0.3 is 0 Å². The van der Waals surface area contributed by atoms with Gasteiger partial charge in [-0.15, -0.1) is 10.2 Å². The molecule has 2 rings (SSSR count). The Morgan fingerprint density at radius 3 is 2.74 bits per heavy atom. The van der Waals surface area contributed by atoms with Crippen LogP contribution in [0.25, 0.3) is 5.65 Å². The first-order chi connectivity index (χ1) is 8.93. The number of aliphatic hydroxyl groups is 1. The summed E-state index contributed by atoms with van der Waals surface area (Å²) < 4.78 is 1.90. The molecule has 2 heterocycles. The van der Waals surface area contributed by atoms with Crippen molar-refractivity contribution in [1.82, 2.24) is 19.6 Å². The minimum atomic E-state index is 0.0201. The van der Waals surface area contributed by atoms with Gasteiger partial charge < -0.3 is 10.4 Å². The smallest absolute Gasteiger partial charge is 0.203 e. The molecule has 0 aromatic carbocycles. The normalized spacial score (nSPS) is 13.7. The summed E-state index contributed by atoms with van der Waals surface area (Å²) in [6.07, 6.45) is 4.23. The molecule has 0 aliphatic heterocycles. The van der Waals surface area contributed by atoms with E-state index in [1.54, 1.807) is 6.20 Å². The Morgan fingerprint density at radius 2 is 2.11 bits per heavy atom. The second-order valence-electron chi connectivity index (χ2n) is 5.79. The third-order valence-electron chi connectivity index (χ3n) is 3.27. The number of aromatic nitrogens is 4. The van der Waals surface area contributed by atoms with Crippen LogP contribution in [0, 0.1) is 12.3 Å². The highest BCUT2D eigenvalue weighted by atomic mass is 16.3. The maximum atomic E-state index is 9.20. The number of rotatable bonds is 4. The summed E-state index contributed by atoms with van der Waals surface area (Å²) in [7, 11) is 0. The van der Waals surface area contributed by atoms with E-state index in [2.05, 4.69) is 41.3 Å². The molecule has 104 valence electrons. The first kappa shape index (κ1) is 13.7. The average molecular weight is 263 g/mol. The number of aliphatic hydroxyl groups excluding tert-OH is 1. The highest BCUT2D eigenvalue weighted by Gasteiger charge is 2.25.